The van der Waals surface area contributed by atoms with Crippen LogP contribution in [0.15, 0.2) is 24.3 Å². The van der Waals surface area contributed by atoms with Crippen molar-refractivity contribution in [3.63, 3.8) is 0 Å². The van der Waals surface area contributed by atoms with Gasteiger partial charge in [-0.25, -0.2) is 4.39 Å². The van der Waals surface area contributed by atoms with Gasteiger partial charge in [-0.05, 0) is 44.5 Å². The molecule has 18 heavy (non-hydrogen) atoms. The Kier molecular flexibility index (Phi) is 4.31. The number of nitrogens with one attached hydrogen (secondary N) is 1. The van der Waals surface area contributed by atoms with Crippen LogP contribution in [0.1, 0.15) is 26.2 Å². The van der Waals surface area contributed by atoms with E-state index in [4.69, 9.17) is 0 Å². The number of benzene rings is 1. The van der Waals surface area contributed by atoms with Gasteiger partial charge in [-0.2, -0.15) is 0 Å². The lowest BCUT2D eigenvalue weighted by Gasteiger charge is -2.32. The van der Waals surface area contributed by atoms with Gasteiger partial charge < -0.3 is 5.32 Å². The maximum absolute atomic E-state index is 13.0. The zero-order valence-electron chi connectivity index (χ0n) is 10.7. The molecule has 1 aromatic carbocycles. The molecule has 0 aromatic heterocycles. The molecular formula is C14H19FN2O. The van der Waals surface area contributed by atoms with Crippen LogP contribution in [0.5, 0.6) is 0 Å². The molecular weight excluding hydrogens is 231 g/mol. The Labute approximate surface area is 107 Å². The Morgan fingerprint density at radius 3 is 3.06 bits per heavy atom. The largest absolute Gasteiger partial charge is 0.325 e. The Hall–Kier alpha value is -1.42. The molecule has 0 saturated carbocycles. The molecule has 98 valence electrons. The van der Waals surface area contributed by atoms with E-state index in [1.807, 2.05) is 0 Å². The molecule has 1 saturated heterocycles. The molecule has 1 amide bonds. The van der Waals surface area contributed by atoms with Crippen LogP contribution >= 0.6 is 0 Å². The van der Waals surface area contributed by atoms with Crippen molar-refractivity contribution in [2.45, 2.75) is 32.2 Å². The van der Waals surface area contributed by atoms with Gasteiger partial charge in [-0.15, -0.1) is 0 Å². The van der Waals surface area contributed by atoms with Gasteiger partial charge >= 0.3 is 0 Å². The highest BCUT2D eigenvalue weighted by Gasteiger charge is 2.20. The first-order valence-corrected chi connectivity index (χ1v) is 6.44. The summed E-state index contributed by atoms with van der Waals surface area (Å²) in [6.45, 7) is 3.50. The van der Waals surface area contributed by atoms with Crippen molar-refractivity contribution in [1.29, 1.82) is 0 Å². The molecule has 0 unspecified atom stereocenters. The van der Waals surface area contributed by atoms with E-state index in [0.717, 1.165) is 19.4 Å². The number of carbonyl (C=O) groups excluding carboxylic acids is 1. The molecule has 1 aliphatic heterocycles. The molecule has 1 atom stereocenters. The third kappa shape index (κ3) is 3.53. The van der Waals surface area contributed by atoms with Crippen LogP contribution in [-0.4, -0.2) is 29.9 Å². The number of rotatable bonds is 3. The first kappa shape index (κ1) is 13.0. The molecule has 0 bridgehead atoms. The first-order chi connectivity index (χ1) is 8.65. The fourth-order valence-electron chi connectivity index (χ4n) is 2.34. The van der Waals surface area contributed by atoms with Crippen LogP contribution in [0.3, 0.4) is 0 Å². The van der Waals surface area contributed by atoms with Crippen molar-refractivity contribution in [3.8, 4) is 0 Å². The number of likely N-dealkylation sites (tertiary alicyclic amines) is 1. The van der Waals surface area contributed by atoms with Crippen LogP contribution in [0.25, 0.3) is 0 Å². The standard InChI is InChI=1S/C14H19FN2O/c1-11-5-2-3-8-17(11)10-14(18)16-13-7-4-6-12(15)9-13/h4,6-7,9,11H,2-3,5,8,10H2,1H3,(H,16,18)/t11-/m1/s1. The number of hydrogen-bond acceptors (Lipinski definition) is 2. The maximum atomic E-state index is 13.0. The highest BCUT2D eigenvalue weighted by atomic mass is 19.1. The van der Waals surface area contributed by atoms with E-state index in [1.54, 1.807) is 12.1 Å². The summed E-state index contributed by atoms with van der Waals surface area (Å²) in [6.07, 6.45) is 3.54. The number of piperidine rings is 1. The molecule has 1 fully saturated rings. The summed E-state index contributed by atoms with van der Waals surface area (Å²) in [4.78, 5) is 14.0. The quantitative estimate of drug-likeness (QED) is 0.894. The summed E-state index contributed by atoms with van der Waals surface area (Å²) in [7, 11) is 0. The van der Waals surface area contributed by atoms with E-state index >= 15 is 0 Å². The average Bonchev–Trinajstić information content (AvgIpc) is 2.32. The van der Waals surface area contributed by atoms with Gasteiger partial charge in [0.15, 0.2) is 0 Å². The minimum atomic E-state index is -0.334. The molecule has 0 radical (unpaired) electrons. The zero-order valence-corrected chi connectivity index (χ0v) is 10.7. The van der Waals surface area contributed by atoms with Crippen LogP contribution in [0.2, 0.25) is 0 Å². The van der Waals surface area contributed by atoms with Crippen molar-refractivity contribution in [1.82, 2.24) is 4.90 Å². The third-order valence-corrected chi connectivity index (χ3v) is 3.40. The molecule has 4 heteroatoms. The topological polar surface area (TPSA) is 32.3 Å². The SMILES string of the molecule is C[C@@H]1CCCCN1CC(=O)Nc1cccc(F)c1. The molecule has 3 nitrogen and oxygen atoms in total. The molecule has 0 aliphatic carbocycles. The lowest BCUT2D eigenvalue weighted by atomic mass is 10.0. The minimum absolute atomic E-state index is 0.0747. The van der Waals surface area contributed by atoms with Gasteiger partial charge in [0.2, 0.25) is 5.91 Å². The maximum Gasteiger partial charge on any atom is 0.238 e. The second-order valence-electron chi connectivity index (χ2n) is 4.87. The summed E-state index contributed by atoms with van der Waals surface area (Å²) < 4.78 is 13.0. The predicted octanol–water partition coefficient (Wildman–Crippen LogP) is 2.64. The summed E-state index contributed by atoms with van der Waals surface area (Å²) in [5.74, 6) is -0.409. The van der Waals surface area contributed by atoms with E-state index in [2.05, 4.69) is 17.1 Å². The highest BCUT2D eigenvalue weighted by molar-refractivity contribution is 5.92. The van der Waals surface area contributed by atoms with E-state index < -0.39 is 0 Å². The van der Waals surface area contributed by atoms with E-state index in [9.17, 15) is 9.18 Å². The first-order valence-electron chi connectivity index (χ1n) is 6.44. The molecule has 1 aliphatic rings. The monoisotopic (exact) mass is 250 g/mol. The zero-order chi connectivity index (χ0) is 13.0. The van der Waals surface area contributed by atoms with Crippen LogP contribution in [0, 0.1) is 5.82 Å². The molecule has 1 N–H and O–H groups in total. The summed E-state index contributed by atoms with van der Waals surface area (Å²) >= 11 is 0. The van der Waals surface area contributed by atoms with Gasteiger partial charge in [0.05, 0.1) is 6.54 Å². The fraction of sp³-hybridized carbons (Fsp3) is 0.500. The number of amides is 1. The molecule has 1 aromatic rings. The van der Waals surface area contributed by atoms with Crippen LogP contribution < -0.4 is 5.32 Å². The number of anilines is 1. The average molecular weight is 250 g/mol. The summed E-state index contributed by atoms with van der Waals surface area (Å²) in [5, 5.41) is 2.73. The highest BCUT2D eigenvalue weighted by Crippen LogP contribution is 2.16. The van der Waals surface area contributed by atoms with Gasteiger partial charge in [0, 0.05) is 11.7 Å². The summed E-state index contributed by atoms with van der Waals surface area (Å²) in [6, 6.07) is 6.44. The minimum Gasteiger partial charge on any atom is -0.325 e. The van der Waals surface area contributed by atoms with E-state index in [0.29, 0.717) is 18.3 Å². The number of nitrogens with zero attached hydrogens (tertiary/aromatic N) is 1. The number of hydrogen-bond donors (Lipinski definition) is 1. The number of carbonyl (C=O) groups is 1. The van der Waals surface area contributed by atoms with Gasteiger partial charge in [-0.3, -0.25) is 9.69 Å². The number of halogens is 1. The Balaban J connectivity index is 1.88. The predicted molar refractivity (Wildman–Crippen MR) is 69.9 cm³/mol. The lowest BCUT2D eigenvalue weighted by molar-refractivity contribution is -0.118. The van der Waals surface area contributed by atoms with Crippen molar-refractivity contribution in [2.75, 3.05) is 18.4 Å². The lowest BCUT2D eigenvalue weighted by Crippen LogP contribution is -2.42. The second-order valence-corrected chi connectivity index (χ2v) is 4.87. The Bertz CT molecular complexity index is 422. The normalized spacial score (nSPS) is 20.7. The van der Waals surface area contributed by atoms with Gasteiger partial charge in [0.1, 0.15) is 5.82 Å². The fourth-order valence-corrected chi connectivity index (χ4v) is 2.34. The van der Waals surface area contributed by atoms with Crippen molar-refractivity contribution in [3.05, 3.63) is 30.1 Å². The van der Waals surface area contributed by atoms with Crippen molar-refractivity contribution in [2.24, 2.45) is 0 Å². The van der Waals surface area contributed by atoms with Gasteiger partial charge in [-0.1, -0.05) is 12.5 Å². The van der Waals surface area contributed by atoms with Gasteiger partial charge in [0.25, 0.3) is 0 Å². The smallest absolute Gasteiger partial charge is 0.238 e. The second kappa shape index (κ2) is 5.96. The Morgan fingerprint density at radius 1 is 1.50 bits per heavy atom. The van der Waals surface area contributed by atoms with Crippen LogP contribution in [-0.2, 0) is 4.79 Å². The van der Waals surface area contributed by atoms with E-state index in [-0.39, 0.29) is 11.7 Å². The molecule has 0 spiro atoms. The molecule has 1 heterocycles. The summed E-state index contributed by atoms with van der Waals surface area (Å²) in [5.41, 5.74) is 0.518. The van der Waals surface area contributed by atoms with Crippen molar-refractivity contribution < 1.29 is 9.18 Å². The van der Waals surface area contributed by atoms with E-state index in [1.165, 1.54) is 18.6 Å². The van der Waals surface area contributed by atoms with Crippen LogP contribution in [0.4, 0.5) is 10.1 Å². The third-order valence-electron chi connectivity index (χ3n) is 3.40. The molecule has 2 rings (SSSR count). The van der Waals surface area contributed by atoms with Crippen molar-refractivity contribution >= 4 is 11.6 Å². The Morgan fingerprint density at radius 2 is 2.33 bits per heavy atom.